The molecule has 2 aliphatic rings. The zero-order valence-electron chi connectivity index (χ0n) is 13.7. The third-order valence-electron chi connectivity index (χ3n) is 4.71. The number of ether oxygens (including phenoxy) is 1. The number of nitrogens with zero attached hydrogens (tertiary/aromatic N) is 1. The molecule has 0 aliphatic carbocycles. The maximum Gasteiger partial charge on any atom is 0.253 e. The van der Waals surface area contributed by atoms with E-state index in [0.717, 1.165) is 25.1 Å². The summed E-state index contributed by atoms with van der Waals surface area (Å²) in [6.07, 6.45) is 5.20. The molecule has 1 aromatic carbocycles. The molecule has 126 valence electrons. The van der Waals surface area contributed by atoms with Crippen LogP contribution in [0.2, 0.25) is 0 Å². The van der Waals surface area contributed by atoms with Crippen molar-refractivity contribution in [2.75, 3.05) is 25.0 Å². The van der Waals surface area contributed by atoms with E-state index in [1.165, 1.54) is 37.9 Å². The average Bonchev–Trinajstić information content (AvgIpc) is 3.05. The molecule has 3 rings (SSSR count). The van der Waals surface area contributed by atoms with Crippen molar-refractivity contribution in [2.45, 2.75) is 50.9 Å². The first-order chi connectivity index (χ1) is 11.2. The molecule has 0 bridgehead atoms. The topological polar surface area (TPSA) is 67.6 Å². The van der Waals surface area contributed by atoms with Gasteiger partial charge >= 0.3 is 0 Å². The lowest BCUT2D eigenvalue weighted by atomic mass is 10.1. The summed E-state index contributed by atoms with van der Waals surface area (Å²) in [5, 5.41) is 2.98. The average molecular weight is 317 g/mol. The van der Waals surface area contributed by atoms with E-state index < -0.39 is 0 Å². The predicted octanol–water partition coefficient (Wildman–Crippen LogP) is 2.12. The molecule has 0 radical (unpaired) electrons. The molecule has 2 heterocycles. The highest BCUT2D eigenvalue weighted by Gasteiger charge is 2.29. The van der Waals surface area contributed by atoms with Crippen molar-refractivity contribution >= 4 is 11.6 Å². The third kappa shape index (κ3) is 4.53. The van der Waals surface area contributed by atoms with Crippen molar-refractivity contribution in [3.8, 4) is 0 Å². The summed E-state index contributed by atoms with van der Waals surface area (Å²) in [4.78, 5) is 14.8. The standard InChI is InChI=1S/C18H27N3O2/c19-12-16-7-8-17(23-16)18(22)20-15-6-4-5-14(11-15)13-21-9-2-1-3-10-21/h4-6,11,16-17H,1-3,7-10,12-13,19H2,(H,20,22)/t16-,17+/m1/s1. The maximum atomic E-state index is 12.3. The third-order valence-corrected chi connectivity index (χ3v) is 4.71. The van der Waals surface area contributed by atoms with Crippen LogP contribution in [0.15, 0.2) is 24.3 Å². The van der Waals surface area contributed by atoms with Gasteiger partial charge in [0.25, 0.3) is 5.91 Å². The van der Waals surface area contributed by atoms with Gasteiger partial charge in [-0.15, -0.1) is 0 Å². The number of nitrogens with two attached hydrogens (primary N) is 1. The van der Waals surface area contributed by atoms with Crippen molar-refractivity contribution in [1.29, 1.82) is 0 Å². The highest BCUT2D eigenvalue weighted by atomic mass is 16.5. The van der Waals surface area contributed by atoms with Gasteiger partial charge in [0.2, 0.25) is 0 Å². The maximum absolute atomic E-state index is 12.3. The van der Waals surface area contributed by atoms with E-state index in [2.05, 4.69) is 22.3 Å². The summed E-state index contributed by atoms with van der Waals surface area (Å²) in [6, 6.07) is 8.14. The van der Waals surface area contributed by atoms with Gasteiger partial charge in [-0.25, -0.2) is 0 Å². The SMILES string of the molecule is NC[C@H]1CC[C@@H](C(=O)Nc2cccc(CN3CCCCC3)c2)O1. The van der Waals surface area contributed by atoms with Crippen LogP contribution in [0.25, 0.3) is 0 Å². The summed E-state index contributed by atoms with van der Waals surface area (Å²) in [5.41, 5.74) is 7.69. The van der Waals surface area contributed by atoms with Gasteiger partial charge in [0.1, 0.15) is 6.10 Å². The first kappa shape index (κ1) is 16.4. The van der Waals surface area contributed by atoms with Gasteiger partial charge in [0, 0.05) is 18.8 Å². The number of carbonyl (C=O) groups excluding carboxylic acids is 1. The van der Waals surface area contributed by atoms with Crippen LogP contribution in [0, 0.1) is 0 Å². The van der Waals surface area contributed by atoms with Gasteiger partial charge in [0.05, 0.1) is 6.10 Å². The Morgan fingerprint density at radius 3 is 2.83 bits per heavy atom. The first-order valence-corrected chi connectivity index (χ1v) is 8.72. The molecule has 2 aliphatic heterocycles. The number of hydrogen-bond donors (Lipinski definition) is 2. The van der Waals surface area contributed by atoms with Gasteiger partial charge < -0.3 is 15.8 Å². The fourth-order valence-corrected chi connectivity index (χ4v) is 3.42. The van der Waals surface area contributed by atoms with E-state index >= 15 is 0 Å². The summed E-state index contributed by atoms with van der Waals surface area (Å²) < 4.78 is 5.65. The quantitative estimate of drug-likeness (QED) is 0.873. The van der Waals surface area contributed by atoms with Gasteiger partial charge in [-0.2, -0.15) is 0 Å². The lowest BCUT2D eigenvalue weighted by molar-refractivity contribution is -0.126. The molecule has 23 heavy (non-hydrogen) atoms. The Kier molecular flexibility index (Phi) is 5.65. The Balaban J connectivity index is 1.55. The van der Waals surface area contributed by atoms with E-state index in [9.17, 15) is 4.79 Å². The Morgan fingerprint density at radius 2 is 2.09 bits per heavy atom. The Morgan fingerprint density at radius 1 is 1.26 bits per heavy atom. The molecule has 1 amide bonds. The zero-order chi connectivity index (χ0) is 16.1. The van der Waals surface area contributed by atoms with E-state index in [1.807, 2.05) is 12.1 Å². The van der Waals surface area contributed by atoms with Crippen LogP contribution in [0.1, 0.15) is 37.7 Å². The molecule has 3 N–H and O–H groups in total. The molecule has 5 nitrogen and oxygen atoms in total. The van der Waals surface area contributed by atoms with Crippen LogP contribution in [-0.4, -0.2) is 42.6 Å². The van der Waals surface area contributed by atoms with Crippen molar-refractivity contribution in [1.82, 2.24) is 4.90 Å². The lowest BCUT2D eigenvalue weighted by Gasteiger charge is -2.26. The van der Waals surface area contributed by atoms with E-state index in [-0.39, 0.29) is 18.1 Å². The molecule has 1 aromatic rings. The number of anilines is 1. The zero-order valence-corrected chi connectivity index (χ0v) is 13.7. The van der Waals surface area contributed by atoms with Gasteiger partial charge in [-0.1, -0.05) is 18.6 Å². The first-order valence-electron chi connectivity index (χ1n) is 8.72. The molecule has 2 atom stereocenters. The molecule has 0 aromatic heterocycles. The Bertz CT molecular complexity index is 529. The lowest BCUT2D eigenvalue weighted by Crippen LogP contribution is -2.30. The van der Waals surface area contributed by atoms with E-state index in [0.29, 0.717) is 6.54 Å². The fourth-order valence-electron chi connectivity index (χ4n) is 3.42. The van der Waals surface area contributed by atoms with Crippen LogP contribution < -0.4 is 11.1 Å². The fraction of sp³-hybridized carbons (Fsp3) is 0.611. The second-order valence-electron chi connectivity index (χ2n) is 6.59. The minimum absolute atomic E-state index is 0.0242. The van der Waals surface area contributed by atoms with Crippen LogP contribution in [0.4, 0.5) is 5.69 Å². The summed E-state index contributed by atoms with van der Waals surface area (Å²) in [5.74, 6) is -0.0592. The monoisotopic (exact) mass is 317 g/mol. The van der Waals surface area contributed by atoms with Gasteiger partial charge in [0.15, 0.2) is 0 Å². The van der Waals surface area contributed by atoms with Crippen LogP contribution in [0.3, 0.4) is 0 Å². The minimum Gasteiger partial charge on any atom is -0.364 e. The highest BCUT2D eigenvalue weighted by Crippen LogP contribution is 2.21. The molecule has 0 unspecified atom stereocenters. The predicted molar refractivity (Wildman–Crippen MR) is 91.1 cm³/mol. The summed E-state index contributed by atoms with van der Waals surface area (Å²) in [6.45, 7) is 3.79. The molecular formula is C18H27N3O2. The molecule has 2 saturated heterocycles. The minimum atomic E-state index is -0.366. The molecule has 0 spiro atoms. The van der Waals surface area contributed by atoms with Crippen molar-refractivity contribution in [2.24, 2.45) is 5.73 Å². The number of carbonyl (C=O) groups is 1. The summed E-state index contributed by atoms with van der Waals surface area (Å²) in [7, 11) is 0. The number of rotatable bonds is 5. The number of amides is 1. The van der Waals surface area contributed by atoms with Crippen molar-refractivity contribution in [3.05, 3.63) is 29.8 Å². The van der Waals surface area contributed by atoms with Crippen molar-refractivity contribution in [3.63, 3.8) is 0 Å². The highest BCUT2D eigenvalue weighted by molar-refractivity contribution is 5.94. The largest absolute Gasteiger partial charge is 0.364 e. The second-order valence-corrected chi connectivity index (χ2v) is 6.59. The summed E-state index contributed by atoms with van der Waals surface area (Å²) >= 11 is 0. The molecule has 2 fully saturated rings. The number of piperidine rings is 1. The van der Waals surface area contributed by atoms with E-state index in [4.69, 9.17) is 10.5 Å². The molecule has 5 heteroatoms. The van der Waals surface area contributed by atoms with Crippen molar-refractivity contribution < 1.29 is 9.53 Å². The Labute approximate surface area is 138 Å². The number of hydrogen-bond acceptors (Lipinski definition) is 4. The van der Waals surface area contributed by atoms with Crippen LogP contribution in [0.5, 0.6) is 0 Å². The van der Waals surface area contributed by atoms with Gasteiger partial charge in [-0.05, 0) is 56.5 Å². The Hall–Kier alpha value is -1.43. The van der Waals surface area contributed by atoms with E-state index in [1.54, 1.807) is 0 Å². The smallest absolute Gasteiger partial charge is 0.253 e. The van der Waals surface area contributed by atoms with Crippen LogP contribution >= 0.6 is 0 Å². The number of benzene rings is 1. The molecule has 0 saturated carbocycles. The van der Waals surface area contributed by atoms with Crippen LogP contribution in [-0.2, 0) is 16.1 Å². The van der Waals surface area contributed by atoms with Gasteiger partial charge in [-0.3, -0.25) is 9.69 Å². The normalized spacial score (nSPS) is 25.4. The molecular weight excluding hydrogens is 290 g/mol. The second kappa shape index (κ2) is 7.90. The number of likely N-dealkylation sites (tertiary alicyclic amines) is 1. The number of nitrogens with one attached hydrogen (secondary N) is 1.